The molecule has 0 atom stereocenters. The van der Waals surface area contributed by atoms with E-state index < -0.39 is 5.97 Å². The Morgan fingerprint density at radius 1 is 1.22 bits per heavy atom. The highest BCUT2D eigenvalue weighted by Crippen LogP contribution is 2.23. The molecule has 1 heterocycles. The van der Waals surface area contributed by atoms with Crippen molar-refractivity contribution < 1.29 is 19.1 Å². The molecule has 1 aromatic heterocycles. The lowest BCUT2D eigenvalue weighted by molar-refractivity contribution is -0.138. The number of nitrogens with zero attached hydrogens (tertiary/aromatic N) is 1. The van der Waals surface area contributed by atoms with E-state index in [0.29, 0.717) is 17.1 Å². The molecule has 0 aliphatic carbocycles. The van der Waals surface area contributed by atoms with Crippen LogP contribution in [0.1, 0.15) is 41.3 Å². The maximum Gasteiger partial charge on any atom is 0.323 e. The molecule has 1 amide bonds. The Kier molecular flexibility index (Phi) is 4.16. The van der Waals surface area contributed by atoms with Crippen LogP contribution in [0.25, 0.3) is 0 Å². The first-order valence-corrected chi connectivity index (χ1v) is 5.85. The molecule has 0 spiro atoms. The number of hydrogen-bond donors (Lipinski definition) is 1. The number of aliphatic carboxylic acids is 1. The lowest BCUT2D eigenvalue weighted by Crippen LogP contribution is -2.41. The molecule has 0 saturated heterocycles. The van der Waals surface area contributed by atoms with Crippen molar-refractivity contribution in [2.45, 2.75) is 40.7 Å². The van der Waals surface area contributed by atoms with Crippen LogP contribution in [0.5, 0.6) is 0 Å². The van der Waals surface area contributed by atoms with Gasteiger partial charge in [-0.3, -0.25) is 9.59 Å². The predicted octanol–water partition coefficient (Wildman–Crippen LogP) is 2.14. The summed E-state index contributed by atoms with van der Waals surface area (Å²) in [5, 5.41) is 8.86. The highest BCUT2D eigenvalue weighted by atomic mass is 16.4. The van der Waals surface area contributed by atoms with Gasteiger partial charge in [0, 0.05) is 11.6 Å². The molecule has 0 unspecified atom stereocenters. The summed E-state index contributed by atoms with van der Waals surface area (Å²) in [6.45, 7) is 8.58. The Hall–Kier alpha value is -1.78. The third-order valence-electron chi connectivity index (χ3n) is 2.97. The molecule has 0 aliphatic heterocycles. The largest absolute Gasteiger partial charge is 0.480 e. The van der Waals surface area contributed by atoms with E-state index in [2.05, 4.69) is 0 Å². The number of hydrogen-bond acceptors (Lipinski definition) is 3. The summed E-state index contributed by atoms with van der Waals surface area (Å²) in [5.74, 6) is -0.0901. The summed E-state index contributed by atoms with van der Waals surface area (Å²) in [6, 6.07) is -0.178. The predicted molar refractivity (Wildman–Crippen MR) is 66.7 cm³/mol. The molecule has 0 radical (unpaired) electrons. The van der Waals surface area contributed by atoms with Gasteiger partial charge in [-0.25, -0.2) is 0 Å². The van der Waals surface area contributed by atoms with Gasteiger partial charge in [0.05, 0.1) is 5.56 Å². The molecular weight excluding hydrogens is 234 g/mol. The SMILES string of the molecule is Cc1oc(C)c(C(=O)N(CC(=O)O)C(C)C)c1C. The van der Waals surface area contributed by atoms with E-state index >= 15 is 0 Å². The maximum absolute atomic E-state index is 12.4. The Labute approximate surface area is 106 Å². The Morgan fingerprint density at radius 3 is 2.11 bits per heavy atom. The van der Waals surface area contributed by atoms with E-state index in [1.165, 1.54) is 4.90 Å². The first-order valence-electron chi connectivity index (χ1n) is 5.85. The lowest BCUT2D eigenvalue weighted by Gasteiger charge is -2.25. The van der Waals surface area contributed by atoms with Crippen molar-refractivity contribution in [3.63, 3.8) is 0 Å². The van der Waals surface area contributed by atoms with Crippen LogP contribution in [0.2, 0.25) is 0 Å². The van der Waals surface area contributed by atoms with Crippen LogP contribution in [-0.4, -0.2) is 34.5 Å². The van der Waals surface area contributed by atoms with E-state index in [-0.39, 0.29) is 18.5 Å². The van der Waals surface area contributed by atoms with Gasteiger partial charge in [0.25, 0.3) is 5.91 Å². The minimum Gasteiger partial charge on any atom is -0.480 e. The van der Waals surface area contributed by atoms with Crippen LogP contribution in [0.4, 0.5) is 0 Å². The maximum atomic E-state index is 12.4. The van der Waals surface area contributed by atoms with Crippen LogP contribution in [0, 0.1) is 20.8 Å². The number of rotatable bonds is 4. The summed E-state index contributed by atoms with van der Waals surface area (Å²) in [7, 11) is 0. The van der Waals surface area contributed by atoms with Gasteiger partial charge in [-0.15, -0.1) is 0 Å². The number of furan rings is 1. The molecule has 0 bridgehead atoms. The summed E-state index contributed by atoms with van der Waals surface area (Å²) in [5.41, 5.74) is 1.25. The van der Waals surface area contributed by atoms with Crippen molar-refractivity contribution in [1.82, 2.24) is 4.90 Å². The zero-order valence-electron chi connectivity index (χ0n) is 11.4. The van der Waals surface area contributed by atoms with Gasteiger partial charge in [-0.1, -0.05) is 0 Å². The van der Waals surface area contributed by atoms with Crippen molar-refractivity contribution in [1.29, 1.82) is 0 Å². The van der Waals surface area contributed by atoms with Gasteiger partial charge in [0.15, 0.2) is 0 Å². The third-order valence-corrected chi connectivity index (χ3v) is 2.97. The minimum atomic E-state index is -1.02. The zero-order valence-corrected chi connectivity index (χ0v) is 11.4. The summed E-state index contributed by atoms with van der Waals surface area (Å²) < 4.78 is 5.41. The van der Waals surface area contributed by atoms with Crippen LogP contribution >= 0.6 is 0 Å². The molecule has 0 aliphatic rings. The second-order valence-electron chi connectivity index (χ2n) is 4.63. The molecule has 1 rings (SSSR count). The van der Waals surface area contributed by atoms with Crippen molar-refractivity contribution in [2.24, 2.45) is 0 Å². The van der Waals surface area contributed by atoms with Crippen LogP contribution in [0.3, 0.4) is 0 Å². The highest BCUT2D eigenvalue weighted by molar-refractivity contribution is 5.98. The molecule has 0 aromatic carbocycles. The molecule has 0 saturated carbocycles. The zero-order chi connectivity index (χ0) is 14.0. The van der Waals surface area contributed by atoms with Crippen molar-refractivity contribution in [3.8, 4) is 0 Å². The first-order chi connectivity index (χ1) is 8.25. The van der Waals surface area contributed by atoms with Crippen LogP contribution < -0.4 is 0 Å². The molecule has 5 nitrogen and oxygen atoms in total. The van der Waals surface area contributed by atoms with Gasteiger partial charge < -0.3 is 14.4 Å². The second-order valence-corrected chi connectivity index (χ2v) is 4.63. The van der Waals surface area contributed by atoms with E-state index in [9.17, 15) is 9.59 Å². The normalized spacial score (nSPS) is 10.8. The average Bonchev–Trinajstić information content (AvgIpc) is 2.48. The number of amides is 1. The number of carboxylic acids is 1. The fraction of sp³-hybridized carbons (Fsp3) is 0.538. The van der Waals surface area contributed by atoms with Gasteiger partial charge >= 0.3 is 5.97 Å². The van der Waals surface area contributed by atoms with E-state index in [1.807, 2.05) is 0 Å². The number of carbonyl (C=O) groups excluding carboxylic acids is 1. The lowest BCUT2D eigenvalue weighted by atomic mass is 10.1. The van der Waals surface area contributed by atoms with E-state index in [1.54, 1.807) is 34.6 Å². The van der Waals surface area contributed by atoms with Gasteiger partial charge in [-0.2, -0.15) is 0 Å². The second kappa shape index (κ2) is 5.25. The number of aryl methyl sites for hydroxylation is 2. The molecule has 1 aromatic rings. The quantitative estimate of drug-likeness (QED) is 0.892. The van der Waals surface area contributed by atoms with Crippen LogP contribution in [0.15, 0.2) is 4.42 Å². The van der Waals surface area contributed by atoms with Crippen LogP contribution in [-0.2, 0) is 4.79 Å². The Balaban J connectivity index is 3.13. The summed E-state index contributed by atoms with van der Waals surface area (Å²) >= 11 is 0. The highest BCUT2D eigenvalue weighted by Gasteiger charge is 2.26. The molecular formula is C13H19NO4. The summed E-state index contributed by atoms with van der Waals surface area (Å²) in [4.78, 5) is 24.5. The number of carboxylic acid groups (broad SMARTS) is 1. The molecule has 1 N–H and O–H groups in total. The van der Waals surface area contributed by atoms with E-state index in [4.69, 9.17) is 9.52 Å². The van der Waals surface area contributed by atoms with E-state index in [0.717, 1.165) is 5.56 Å². The smallest absolute Gasteiger partial charge is 0.323 e. The molecule has 18 heavy (non-hydrogen) atoms. The minimum absolute atomic E-state index is 0.178. The van der Waals surface area contributed by atoms with Gasteiger partial charge in [0.2, 0.25) is 0 Å². The summed E-state index contributed by atoms with van der Waals surface area (Å²) in [6.07, 6.45) is 0. The average molecular weight is 253 g/mol. The molecule has 5 heteroatoms. The monoisotopic (exact) mass is 253 g/mol. The Morgan fingerprint density at radius 2 is 1.78 bits per heavy atom. The molecule has 100 valence electrons. The third kappa shape index (κ3) is 2.72. The van der Waals surface area contributed by atoms with Crippen molar-refractivity contribution in [2.75, 3.05) is 6.54 Å². The van der Waals surface area contributed by atoms with Crippen molar-refractivity contribution >= 4 is 11.9 Å². The van der Waals surface area contributed by atoms with Crippen molar-refractivity contribution in [3.05, 3.63) is 22.6 Å². The fourth-order valence-corrected chi connectivity index (χ4v) is 1.89. The van der Waals surface area contributed by atoms with Gasteiger partial charge in [0.1, 0.15) is 18.1 Å². The topological polar surface area (TPSA) is 70.8 Å². The number of carbonyl (C=O) groups is 2. The Bertz CT molecular complexity index is 474. The first kappa shape index (κ1) is 14.3. The molecule has 0 fully saturated rings. The fourth-order valence-electron chi connectivity index (χ4n) is 1.89. The van der Waals surface area contributed by atoms with Gasteiger partial charge in [-0.05, 0) is 34.6 Å². The standard InChI is InChI=1S/C13H19NO4/c1-7(2)14(6-11(15)16)13(17)12-8(3)9(4)18-10(12)5/h7H,6H2,1-5H3,(H,15,16).